The van der Waals surface area contributed by atoms with Crippen LogP contribution in [0.2, 0.25) is 0 Å². The lowest BCUT2D eigenvalue weighted by atomic mass is 9.95. The summed E-state index contributed by atoms with van der Waals surface area (Å²) in [7, 11) is 0. The molecule has 1 aliphatic rings. The average molecular weight is 292 g/mol. The summed E-state index contributed by atoms with van der Waals surface area (Å²) in [6.07, 6.45) is 0.712. The van der Waals surface area contributed by atoms with Crippen molar-refractivity contribution in [2.24, 2.45) is 0 Å². The number of carbonyl (C=O) groups excluding carboxylic acids is 2. The molecule has 0 aliphatic carbocycles. The molecule has 0 atom stereocenters. The molecule has 21 heavy (non-hydrogen) atoms. The van der Waals surface area contributed by atoms with Crippen molar-refractivity contribution < 1.29 is 23.8 Å². The number of esters is 2. The Morgan fingerprint density at radius 1 is 1.00 bits per heavy atom. The van der Waals surface area contributed by atoms with Crippen molar-refractivity contribution in [2.45, 2.75) is 53.6 Å². The first-order chi connectivity index (χ1) is 9.62. The highest BCUT2D eigenvalue weighted by molar-refractivity contribution is 5.77. The van der Waals surface area contributed by atoms with Crippen LogP contribution < -0.4 is 14.2 Å². The molecule has 1 aromatic carbocycles. The van der Waals surface area contributed by atoms with E-state index >= 15 is 0 Å². The molecule has 5 nitrogen and oxygen atoms in total. The van der Waals surface area contributed by atoms with Crippen LogP contribution in [0.15, 0.2) is 0 Å². The molecule has 0 amide bonds. The Balaban J connectivity index is 2.67. The van der Waals surface area contributed by atoms with Gasteiger partial charge in [-0.3, -0.25) is 9.59 Å². The molecule has 1 heterocycles. The van der Waals surface area contributed by atoms with Crippen molar-refractivity contribution in [3.63, 3.8) is 0 Å². The third-order valence-electron chi connectivity index (χ3n) is 3.43. The number of ether oxygens (including phenoxy) is 3. The van der Waals surface area contributed by atoms with Gasteiger partial charge in [0, 0.05) is 37.0 Å². The lowest BCUT2D eigenvalue weighted by molar-refractivity contribution is -0.134. The van der Waals surface area contributed by atoms with Gasteiger partial charge >= 0.3 is 11.9 Å². The summed E-state index contributed by atoms with van der Waals surface area (Å²) in [5, 5.41) is 0. The van der Waals surface area contributed by atoms with Crippen LogP contribution in [-0.4, -0.2) is 17.5 Å². The van der Waals surface area contributed by atoms with E-state index in [0.29, 0.717) is 23.5 Å². The van der Waals surface area contributed by atoms with Crippen LogP contribution in [0.25, 0.3) is 0 Å². The molecule has 0 saturated carbocycles. The Kier molecular flexibility index (Phi) is 3.70. The van der Waals surface area contributed by atoms with Gasteiger partial charge in [-0.05, 0) is 27.7 Å². The summed E-state index contributed by atoms with van der Waals surface area (Å²) in [5.41, 5.74) is 2.10. The molecule has 5 heteroatoms. The van der Waals surface area contributed by atoms with E-state index in [1.54, 1.807) is 6.92 Å². The van der Waals surface area contributed by atoms with Crippen LogP contribution in [0.4, 0.5) is 0 Å². The standard InChI is InChI=1S/C16H20O5/c1-8-12-7-16(5,6)21-13(12)9(2)15(20-11(4)18)14(8)19-10(3)17/h7H2,1-6H3. The lowest BCUT2D eigenvalue weighted by Gasteiger charge is -2.19. The molecule has 0 spiro atoms. The fourth-order valence-corrected chi connectivity index (χ4v) is 2.60. The Morgan fingerprint density at radius 2 is 1.48 bits per heavy atom. The van der Waals surface area contributed by atoms with Crippen LogP contribution in [-0.2, 0) is 16.0 Å². The molecule has 114 valence electrons. The van der Waals surface area contributed by atoms with Crippen molar-refractivity contribution in [3.05, 3.63) is 16.7 Å². The molecule has 0 fully saturated rings. The SMILES string of the molecule is CC(=O)Oc1c(C)c2c(c(C)c1OC(C)=O)OC(C)(C)C2. The first kappa shape index (κ1) is 15.4. The number of benzene rings is 1. The van der Waals surface area contributed by atoms with Gasteiger partial charge in [0.1, 0.15) is 11.4 Å². The van der Waals surface area contributed by atoms with E-state index < -0.39 is 11.9 Å². The van der Waals surface area contributed by atoms with Crippen LogP contribution in [0, 0.1) is 13.8 Å². The zero-order valence-corrected chi connectivity index (χ0v) is 13.2. The van der Waals surface area contributed by atoms with E-state index in [2.05, 4.69) is 0 Å². The molecule has 0 radical (unpaired) electrons. The minimum atomic E-state index is -0.469. The predicted molar refractivity (Wildman–Crippen MR) is 76.9 cm³/mol. The maximum Gasteiger partial charge on any atom is 0.308 e. The van der Waals surface area contributed by atoms with Gasteiger partial charge in [-0.25, -0.2) is 0 Å². The molecule has 1 aromatic rings. The Labute approximate surface area is 124 Å². The van der Waals surface area contributed by atoms with Crippen molar-refractivity contribution in [2.75, 3.05) is 0 Å². The van der Waals surface area contributed by atoms with Gasteiger partial charge in [-0.15, -0.1) is 0 Å². The van der Waals surface area contributed by atoms with E-state index in [1.807, 2.05) is 20.8 Å². The fourth-order valence-electron chi connectivity index (χ4n) is 2.60. The highest BCUT2D eigenvalue weighted by Gasteiger charge is 2.36. The van der Waals surface area contributed by atoms with E-state index in [1.165, 1.54) is 13.8 Å². The summed E-state index contributed by atoms with van der Waals surface area (Å²) in [6.45, 7) is 10.2. The molecule has 0 bridgehead atoms. The van der Waals surface area contributed by atoms with E-state index in [4.69, 9.17) is 14.2 Å². The summed E-state index contributed by atoms with van der Waals surface area (Å²) in [6, 6.07) is 0. The smallest absolute Gasteiger partial charge is 0.308 e. The Hall–Kier alpha value is -2.04. The van der Waals surface area contributed by atoms with Gasteiger partial charge in [0.15, 0.2) is 11.5 Å². The maximum absolute atomic E-state index is 11.3. The molecule has 0 saturated heterocycles. The first-order valence-electron chi connectivity index (χ1n) is 6.84. The number of fused-ring (bicyclic) bond motifs is 1. The topological polar surface area (TPSA) is 61.8 Å². The van der Waals surface area contributed by atoms with Crippen molar-refractivity contribution in [1.82, 2.24) is 0 Å². The van der Waals surface area contributed by atoms with Gasteiger partial charge in [-0.1, -0.05) is 0 Å². The monoisotopic (exact) mass is 292 g/mol. The quantitative estimate of drug-likeness (QED) is 0.619. The highest BCUT2D eigenvalue weighted by Crippen LogP contribution is 2.49. The molecular weight excluding hydrogens is 272 g/mol. The largest absolute Gasteiger partial charge is 0.487 e. The summed E-state index contributed by atoms with van der Waals surface area (Å²) in [4.78, 5) is 22.7. The predicted octanol–water partition coefficient (Wildman–Crippen LogP) is 2.87. The highest BCUT2D eigenvalue weighted by atomic mass is 16.6. The van der Waals surface area contributed by atoms with Gasteiger partial charge in [0.25, 0.3) is 0 Å². The minimum Gasteiger partial charge on any atom is -0.487 e. The number of hydrogen-bond acceptors (Lipinski definition) is 5. The zero-order chi connectivity index (χ0) is 15.9. The molecule has 1 aliphatic heterocycles. The summed E-state index contributed by atoms with van der Waals surface area (Å²) in [5.74, 6) is 0.346. The minimum absolute atomic E-state index is 0.256. The maximum atomic E-state index is 11.3. The van der Waals surface area contributed by atoms with Gasteiger partial charge in [0.05, 0.1) is 0 Å². The van der Waals surface area contributed by atoms with Crippen LogP contribution in [0.1, 0.15) is 44.4 Å². The van der Waals surface area contributed by atoms with Crippen molar-refractivity contribution in [1.29, 1.82) is 0 Å². The normalized spacial score (nSPS) is 15.1. The van der Waals surface area contributed by atoms with E-state index in [9.17, 15) is 9.59 Å². The fraction of sp³-hybridized carbons (Fsp3) is 0.500. The van der Waals surface area contributed by atoms with E-state index in [0.717, 1.165) is 11.1 Å². The number of rotatable bonds is 2. The average Bonchev–Trinajstić information content (AvgIpc) is 2.66. The Bertz CT molecular complexity index is 575. The first-order valence-corrected chi connectivity index (χ1v) is 6.84. The second-order valence-corrected chi connectivity index (χ2v) is 5.94. The molecular formula is C16H20O5. The van der Waals surface area contributed by atoms with Crippen LogP contribution in [0.3, 0.4) is 0 Å². The molecule has 0 aromatic heterocycles. The zero-order valence-electron chi connectivity index (χ0n) is 13.2. The molecule has 0 N–H and O–H groups in total. The lowest BCUT2D eigenvalue weighted by Crippen LogP contribution is -2.24. The van der Waals surface area contributed by atoms with Crippen LogP contribution >= 0.6 is 0 Å². The molecule has 2 rings (SSSR count). The second-order valence-electron chi connectivity index (χ2n) is 5.94. The molecule has 0 unspecified atom stereocenters. The summed E-state index contributed by atoms with van der Waals surface area (Å²) >= 11 is 0. The third-order valence-corrected chi connectivity index (χ3v) is 3.43. The number of carbonyl (C=O) groups is 2. The van der Waals surface area contributed by atoms with E-state index in [-0.39, 0.29) is 11.4 Å². The second kappa shape index (κ2) is 5.06. The summed E-state index contributed by atoms with van der Waals surface area (Å²) < 4.78 is 16.5. The van der Waals surface area contributed by atoms with Gasteiger partial charge < -0.3 is 14.2 Å². The Morgan fingerprint density at radius 3 is 1.95 bits per heavy atom. The van der Waals surface area contributed by atoms with Gasteiger partial charge in [-0.2, -0.15) is 0 Å². The number of hydrogen-bond donors (Lipinski definition) is 0. The van der Waals surface area contributed by atoms with Crippen molar-refractivity contribution >= 4 is 11.9 Å². The van der Waals surface area contributed by atoms with Crippen molar-refractivity contribution in [3.8, 4) is 17.2 Å². The third kappa shape index (κ3) is 2.86. The van der Waals surface area contributed by atoms with Gasteiger partial charge in [0.2, 0.25) is 0 Å². The van der Waals surface area contributed by atoms with Crippen LogP contribution in [0.5, 0.6) is 17.2 Å².